The highest BCUT2D eigenvalue weighted by atomic mass is 35.5. The van der Waals surface area contributed by atoms with Crippen LogP contribution in [-0.4, -0.2) is 4.98 Å². The van der Waals surface area contributed by atoms with Crippen molar-refractivity contribution in [2.75, 3.05) is 0 Å². The highest BCUT2D eigenvalue weighted by Crippen LogP contribution is 2.27. The minimum absolute atomic E-state index is 0.211. The highest BCUT2D eigenvalue weighted by molar-refractivity contribution is 6.41. The molecule has 116 valence electrons. The second-order valence-corrected chi connectivity index (χ2v) is 5.47. The molecule has 0 aliphatic carbocycles. The molecular formula is C18H13Cl2NO2. The summed E-state index contributed by atoms with van der Waals surface area (Å²) >= 11 is 11.9. The van der Waals surface area contributed by atoms with Crippen molar-refractivity contribution in [3.8, 4) is 11.5 Å². The third-order valence-corrected chi connectivity index (χ3v) is 3.73. The van der Waals surface area contributed by atoms with Crippen LogP contribution in [-0.2, 0) is 0 Å². The lowest BCUT2D eigenvalue weighted by Gasteiger charge is -2.20. The first kappa shape index (κ1) is 15.7. The summed E-state index contributed by atoms with van der Waals surface area (Å²) in [7, 11) is 0. The van der Waals surface area contributed by atoms with Crippen LogP contribution in [0, 0.1) is 0 Å². The summed E-state index contributed by atoms with van der Waals surface area (Å²) in [5.41, 5.74) is 0.534. The summed E-state index contributed by atoms with van der Waals surface area (Å²) in [6.45, 7) is 0. The van der Waals surface area contributed by atoms with Gasteiger partial charge in [0, 0.05) is 0 Å². The normalized spacial score (nSPS) is 10.6. The van der Waals surface area contributed by atoms with Gasteiger partial charge in [-0.05, 0) is 36.4 Å². The van der Waals surface area contributed by atoms with E-state index in [1.165, 1.54) is 0 Å². The number of rotatable bonds is 5. The zero-order chi connectivity index (χ0) is 16.1. The molecule has 0 aliphatic heterocycles. The number of benzene rings is 2. The van der Waals surface area contributed by atoms with E-state index in [0.717, 1.165) is 0 Å². The first-order valence-corrected chi connectivity index (χ1v) is 7.73. The van der Waals surface area contributed by atoms with Gasteiger partial charge in [0.1, 0.15) is 22.3 Å². The summed E-state index contributed by atoms with van der Waals surface area (Å²) in [6.07, 6.45) is -0.741. The van der Waals surface area contributed by atoms with Crippen molar-refractivity contribution >= 4 is 23.2 Å². The number of nitrogens with zero attached hydrogens (tertiary/aromatic N) is 1. The monoisotopic (exact) mass is 345 g/mol. The maximum absolute atomic E-state index is 6.01. The van der Waals surface area contributed by atoms with Gasteiger partial charge in [0.2, 0.25) is 0 Å². The van der Waals surface area contributed by atoms with E-state index < -0.39 is 6.29 Å². The lowest BCUT2D eigenvalue weighted by molar-refractivity contribution is 0.000353. The standard InChI is InChI=1S/C18H13Cl2NO2/c19-15-11-12-16(21-17(15)20)18(22-13-7-3-1-4-8-13)23-14-9-5-2-6-10-14/h1-12,18H. The van der Waals surface area contributed by atoms with Crippen LogP contribution >= 0.6 is 23.2 Å². The Morgan fingerprint density at radius 3 is 1.70 bits per heavy atom. The SMILES string of the molecule is Clc1ccc(C(Oc2ccccc2)Oc2ccccc2)nc1Cl. The number of hydrogen-bond acceptors (Lipinski definition) is 3. The molecular weight excluding hydrogens is 333 g/mol. The molecule has 3 rings (SSSR count). The van der Waals surface area contributed by atoms with E-state index in [0.29, 0.717) is 22.2 Å². The van der Waals surface area contributed by atoms with Crippen LogP contribution < -0.4 is 9.47 Å². The smallest absolute Gasteiger partial charge is 0.284 e. The minimum atomic E-state index is -0.741. The Hall–Kier alpha value is -2.23. The van der Waals surface area contributed by atoms with Gasteiger partial charge in [-0.1, -0.05) is 59.6 Å². The van der Waals surface area contributed by atoms with Crippen LogP contribution in [0.4, 0.5) is 0 Å². The summed E-state index contributed by atoms with van der Waals surface area (Å²) in [5.74, 6) is 1.34. The summed E-state index contributed by atoms with van der Waals surface area (Å²) in [5, 5.41) is 0.594. The topological polar surface area (TPSA) is 31.4 Å². The lowest BCUT2D eigenvalue weighted by atomic mass is 10.3. The largest absolute Gasteiger partial charge is 0.449 e. The molecule has 1 aromatic heterocycles. The molecule has 5 heteroatoms. The Balaban J connectivity index is 1.90. The van der Waals surface area contributed by atoms with Crippen molar-refractivity contribution in [2.45, 2.75) is 6.29 Å². The first-order valence-electron chi connectivity index (χ1n) is 6.98. The predicted molar refractivity (Wildman–Crippen MR) is 91.1 cm³/mol. The van der Waals surface area contributed by atoms with Gasteiger partial charge in [0.15, 0.2) is 0 Å². The molecule has 0 N–H and O–H groups in total. The number of aromatic nitrogens is 1. The van der Waals surface area contributed by atoms with Crippen LogP contribution in [0.3, 0.4) is 0 Å². The Morgan fingerprint density at radius 1 is 0.696 bits per heavy atom. The van der Waals surface area contributed by atoms with E-state index in [1.54, 1.807) is 12.1 Å². The number of pyridine rings is 1. The highest BCUT2D eigenvalue weighted by Gasteiger charge is 2.18. The van der Waals surface area contributed by atoms with Crippen LogP contribution in [0.5, 0.6) is 11.5 Å². The molecule has 0 saturated carbocycles. The molecule has 0 bridgehead atoms. The fourth-order valence-corrected chi connectivity index (χ4v) is 2.22. The van der Waals surface area contributed by atoms with Gasteiger partial charge in [-0.3, -0.25) is 0 Å². The van der Waals surface area contributed by atoms with Crippen LogP contribution in [0.2, 0.25) is 10.2 Å². The molecule has 0 aliphatic rings. The van der Waals surface area contributed by atoms with Crippen molar-refractivity contribution in [3.63, 3.8) is 0 Å². The third kappa shape index (κ3) is 4.15. The van der Waals surface area contributed by atoms with E-state index in [1.807, 2.05) is 60.7 Å². The molecule has 3 nitrogen and oxygen atoms in total. The molecule has 0 spiro atoms. The number of ether oxygens (including phenoxy) is 2. The van der Waals surface area contributed by atoms with Gasteiger partial charge < -0.3 is 9.47 Å². The molecule has 3 aromatic rings. The van der Waals surface area contributed by atoms with Crippen molar-refractivity contribution in [2.24, 2.45) is 0 Å². The summed E-state index contributed by atoms with van der Waals surface area (Å²) in [4.78, 5) is 4.25. The van der Waals surface area contributed by atoms with Gasteiger partial charge in [0.25, 0.3) is 6.29 Å². The van der Waals surface area contributed by atoms with Crippen molar-refractivity contribution in [1.29, 1.82) is 0 Å². The second kappa shape index (κ2) is 7.36. The lowest BCUT2D eigenvalue weighted by Crippen LogP contribution is -2.16. The Morgan fingerprint density at radius 2 is 1.22 bits per heavy atom. The predicted octanol–water partition coefficient (Wildman–Crippen LogP) is 5.55. The zero-order valence-corrected chi connectivity index (χ0v) is 13.5. The molecule has 23 heavy (non-hydrogen) atoms. The van der Waals surface area contributed by atoms with Crippen molar-refractivity contribution < 1.29 is 9.47 Å². The quantitative estimate of drug-likeness (QED) is 0.449. The Labute approximate surface area is 144 Å². The van der Waals surface area contributed by atoms with Gasteiger partial charge in [-0.15, -0.1) is 0 Å². The van der Waals surface area contributed by atoms with Gasteiger partial charge in [-0.2, -0.15) is 0 Å². The number of hydrogen-bond donors (Lipinski definition) is 0. The van der Waals surface area contributed by atoms with Gasteiger partial charge in [-0.25, -0.2) is 4.98 Å². The van der Waals surface area contributed by atoms with Crippen LogP contribution in [0.1, 0.15) is 12.0 Å². The molecule has 0 amide bonds. The molecule has 0 unspecified atom stereocenters. The Kier molecular flexibility index (Phi) is 5.01. The van der Waals surface area contributed by atoms with E-state index in [2.05, 4.69) is 4.98 Å². The van der Waals surface area contributed by atoms with E-state index in [9.17, 15) is 0 Å². The molecule has 0 saturated heterocycles. The fraction of sp³-hybridized carbons (Fsp3) is 0.0556. The molecule has 0 fully saturated rings. The molecule has 2 aromatic carbocycles. The van der Waals surface area contributed by atoms with E-state index in [4.69, 9.17) is 32.7 Å². The molecule has 0 radical (unpaired) electrons. The van der Waals surface area contributed by atoms with Crippen molar-refractivity contribution in [3.05, 3.63) is 88.7 Å². The third-order valence-electron chi connectivity index (χ3n) is 3.04. The second-order valence-electron chi connectivity index (χ2n) is 4.70. The first-order chi connectivity index (χ1) is 11.2. The van der Waals surface area contributed by atoms with Crippen molar-refractivity contribution in [1.82, 2.24) is 4.98 Å². The number of halogens is 2. The van der Waals surface area contributed by atoms with Crippen LogP contribution in [0.15, 0.2) is 72.8 Å². The molecule has 1 heterocycles. The van der Waals surface area contributed by atoms with Crippen LogP contribution in [0.25, 0.3) is 0 Å². The van der Waals surface area contributed by atoms with Gasteiger partial charge >= 0.3 is 0 Å². The maximum atomic E-state index is 6.01. The summed E-state index contributed by atoms with van der Waals surface area (Å²) in [6, 6.07) is 22.2. The average Bonchev–Trinajstić information content (AvgIpc) is 2.59. The maximum Gasteiger partial charge on any atom is 0.284 e. The minimum Gasteiger partial charge on any atom is -0.449 e. The average molecular weight is 346 g/mol. The Bertz CT molecular complexity index is 725. The summed E-state index contributed by atoms with van der Waals surface area (Å²) < 4.78 is 11.8. The zero-order valence-electron chi connectivity index (χ0n) is 12.0. The number of para-hydroxylation sites is 2. The van der Waals surface area contributed by atoms with Gasteiger partial charge in [0.05, 0.1) is 5.02 Å². The van der Waals surface area contributed by atoms with E-state index >= 15 is 0 Å². The molecule has 0 atom stereocenters. The van der Waals surface area contributed by atoms with E-state index in [-0.39, 0.29) is 5.15 Å². The fourth-order valence-electron chi connectivity index (χ4n) is 1.95.